The van der Waals surface area contributed by atoms with Crippen molar-refractivity contribution >= 4 is 34.3 Å². The predicted molar refractivity (Wildman–Crippen MR) is 102 cm³/mol. The average molecular weight is 383 g/mol. The molecule has 0 aliphatic heterocycles. The van der Waals surface area contributed by atoms with Crippen LogP contribution < -0.4 is 21.9 Å². The van der Waals surface area contributed by atoms with Gasteiger partial charge in [0.15, 0.2) is 0 Å². The van der Waals surface area contributed by atoms with E-state index in [2.05, 4.69) is 5.32 Å². The molecule has 9 heteroatoms. The van der Waals surface area contributed by atoms with Crippen LogP contribution in [0.2, 0.25) is 0 Å². The lowest BCUT2D eigenvalue weighted by atomic mass is 10.1. The van der Waals surface area contributed by atoms with E-state index < -0.39 is 11.5 Å². The molecule has 0 aliphatic rings. The molecule has 6 N–H and O–H groups in total. The molecule has 9 nitrogen and oxygen atoms in total. The number of nitrogens with one attached hydrogen (secondary N) is 1. The summed E-state index contributed by atoms with van der Waals surface area (Å²) in [7, 11) is 0. The molecule has 1 amide bonds. The molecule has 0 radical (unpaired) electrons. The second kappa shape index (κ2) is 7.92. The van der Waals surface area contributed by atoms with Gasteiger partial charge in [-0.3, -0.25) is 15.2 Å². The summed E-state index contributed by atoms with van der Waals surface area (Å²) < 4.78 is 5.16. The van der Waals surface area contributed by atoms with Gasteiger partial charge in [0.05, 0.1) is 11.3 Å². The standard InChI is InChI=1S/C19H17N3O6/c20-10-12(19(25)21-14-3-1-2-4-15(14)22(26)27)9-13-16(23)7-5-11-6-8-17(24)28-18(11)13/h1-9,23,26-27H,10,20H2,(H,21,25)/b12-9+. The fraction of sp³-hybridized carbons (Fsp3) is 0.0526. The lowest BCUT2D eigenvalue weighted by molar-refractivity contribution is -0.112. The first kappa shape index (κ1) is 19.1. The molecule has 3 rings (SSSR count). The number of para-hydroxylation sites is 2. The SMILES string of the molecule is NC/C(=C\c1c(O)ccc2ccc(=O)oc12)C(=O)Nc1ccccc1N(O)O. The number of carbonyl (C=O) groups is 1. The molecule has 0 bridgehead atoms. The minimum absolute atomic E-state index is 0.0498. The third-order valence-electron chi connectivity index (χ3n) is 4.00. The minimum atomic E-state index is -0.633. The number of rotatable bonds is 5. The van der Waals surface area contributed by atoms with Crippen molar-refractivity contribution in [3.63, 3.8) is 0 Å². The fourth-order valence-electron chi connectivity index (χ4n) is 2.63. The van der Waals surface area contributed by atoms with E-state index in [9.17, 15) is 25.1 Å². The number of anilines is 2. The Bertz CT molecular complexity index is 1120. The Morgan fingerprint density at radius 2 is 1.86 bits per heavy atom. The van der Waals surface area contributed by atoms with Crippen molar-refractivity contribution in [3.8, 4) is 5.75 Å². The predicted octanol–water partition coefficient (Wildman–Crippen LogP) is 2.06. The number of hydrogen-bond acceptors (Lipinski definition) is 8. The summed E-state index contributed by atoms with van der Waals surface area (Å²) in [6, 6.07) is 11.8. The van der Waals surface area contributed by atoms with Crippen molar-refractivity contribution in [2.24, 2.45) is 5.73 Å². The van der Waals surface area contributed by atoms with E-state index in [4.69, 9.17) is 10.2 Å². The quantitative estimate of drug-likeness (QED) is 0.255. The van der Waals surface area contributed by atoms with Crippen LogP contribution >= 0.6 is 0 Å². The van der Waals surface area contributed by atoms with Crippen molar-refractivity contribution in [2.45, 2.75) is 0 Å². The minimum Gasteiger partial charge on any atom is -0.507 e. The number of benzene rings is 2. The number of aromatic hydroxyl groups is 1. The third-order valence-corrected chi connectivity index (χ3v) is 4.00. The fourth-order valence-corrected chi connectivity index (χ4v) is 2.63. The van der Waals surface area contributed by atoms with Gasteiger partial charge < -0.3 is 20.6 Å². The molecule has 0 unspecified atom stereocenters. The van der Waals surface area contributed by atoms with Crippen LogP contribution in [0.4, 0.5) is 11.4 Å². The van der Waals surface area contributed by atoms with E-state index in [1.54, 1.807) is 18.2 Å². The first-order valence-corrected chi connectivity index (χ1v) is 8.15. The first-order chi connectivity index (χ1) is 13.4. The van der Waals surface area contributed by atoms with Crippen LogP contribution in [0.1, 0.15) is 5.56 Å². The topological polar surface area (TPSA) is 149 Å². The maximum Gasteiger partial charge on any atom is 0.336 e. The van der Waals surface area contributed by atoms with E-state index in [1.165, 1.54) is 36.4 Å². The summed E-state index contributed by atoms with van der Waals surface area (Å²) in [5.41, 5.74) is 5.47. The molecular formula is C19H17N3O6. The van der Waals surface area contributed by atoms with Crippen LogP contribution in [0.5, 0.6) is 5.75 Å². The van der Waals surface area contributed by atoms with E-state index in [0.29, 0.717) is 5.39 Å². The van der Waals surface area contributed by atoms with Gasteiger partial charge in [-0.1, -0.05) is 12.1 Å². The molecule has 2 aromatic carbocycles. The first-order valence-electron chi connectivity index (χ1n) is 8.15. The number of nitrogens with zero attached hydrogens (tertiary/aromatic N) is 1. The molecule has 144 valence electrons. The molecular weight excluding hydrogens is 366 g/mol. The number of amides is 1. The van der Waals surface area contributed by atoms with Gasteiger partial charge in [-0.2, -0.15) is 0 Å². The van der Waals surface area contributed by atoms with Gasteiger partial charge in [0.25, 0.3) is 5.91 Å². The number of nitrogens with two attached hydrogens (primary N) is 1. The Hall–Kier alpha value is -3.66. The van der Waals surface area contributed by atoms with Gasteiger partial charge in [-0.15, -0.1) is 5.23 Å². The molecule has 0 saturated carbocycles. The van der Waals surface area contributed by atoms with Crippen LogP contribution in [0, 0.1) is 0 Å². The largest absolute Gasteiger partial charge is 0.507 e. The highest BCUT2D eigenvalue weighted by Gasteiger charge is 2.15. The zero-order valence-electron chi connectivity index (χ0n) is 14.5. The third kappa shape index (κ3) is 3.86. The van der Waals surface area contributed by atoms with E-state index in [-0.39, 0.29) is 45.6 Å². The number of fused-ring (bicyclic) bond motifs is 1. The number of phenolic OH excluding ortho intramolecular Hbond substituents is 1. The molecule has 0 saturated heterocycles. The van der Waals surface area contributed by atoms with Crippen LogP contribution in [0.25, 0.3) is 17.0 Å². The number of hydrogen-bond donors (Lipinski definition) is 5. The maximum absolute atomic E-state index is 12.6. The molecule has 1 aromatic heterocycles. The Morgan fingerprint density at radius 1 is 1.14 bits per heavy atom. The molecule has 0 aliphatic carbocycles. The summed E-state index contributed by atoms with van der Waals surface area (Å²) in [6.45, 7) is -0.192. The van der Waals surface area contributed by atoms with Crippen molar-refractivity contribution in [2.75, 3.05) is 17.1 Å². The van der Waals surface area contributed by atoms with Gasteiger partial charge in [0, 0.05) is 23.6 Å². The Labute approximate surface area is 158 Å². The molecule has 0 spiro atoms. The zero-order chi connectivity index (χ0) is 20.3. The summed E-state index contributed by atoms with van der Waals surface area (Å²) in [5.74, 6) is -0.829. The van der Waals surface area contributed by atoms with Crippen LogP contribution in [-0.2, 0) is 4.79 Å². The molecule has 0 fully saturated rings. The van der Waals surface area contributed by atoms with Gasteiger partial charge in [0.1, 0.15) is 17.0 Å². The van der Waals surface area contributed by atoms with Crippen molar-refractivity contribution in [3.05, 3.63) is 70.1 Å². The van der Waals surface area contributed by atoms with Crippen LogP contribution in [0.3, 0.4) is 0 Å². The number of phenols is 1. The highest BCUT2D eigenvalue weighted by molar-refractivity contribution is 6.09. The maximum atomic E-state index is 12.6. The second-order valence-electron chi connectivity index (χ2n) is 5.81. The summed E-state index contributed by atoms with van der Waals surface area (Å²) in [4.78, 5) is 24.2. The summed E-state index contributed by atoms with van der Waals surface area (Å²) in [6.07, 6.45) is 1.31. The van der Waals surface area contributed by atoms with Crippen molar-refractivity contribution in [1.29, 1.82) is 0 Å². The molecule has 28 heavy (non-hydrogen) atoms. The summed E-state index contributed by atoms with van der Waals surface area (Å²) >= 11 is 0. The van der Waals surface area contributed by atoms with Crippen molar-refractivity contribution < 1.29 is 24.7 Å². The Kier molecular flexibility index (Phi) is 5.41. The number of carbonyl (C=O) groups excluding carboxylic acids is 1. The Balaban J connectivity index is 2.03. The van der Waals surface area contributed by atoms with Gasteiger partial charge >= 0.3 is 5.63 Å². The molecule has 3 aromatic rings. The van der Waals surface area contributed by atoms with Crippen molar-refractivity contribution in [1.82, 2.24) is 0 Å². The Morgan fingerprint density at radius 3 is 2.57 bits per heavy atom. The van der Waals surface area contributed by atoms with Crippen LogP contribution in [-0.4, -0.2) is 28.0 Å². The summed E-state index contributed by atoms with van der Waals surface area (Å²) in [5, 5.41) is 31.6. The molecule has 1 heterocycles. The second-order valence-corrected chi connectivity index (χ2v) is 5.81. The smallest absolute Gasteiger partial charge is 0.336 e. The van der Waals surface area contributed by atoms with E-state index in [0.717, 1.165) is 0 Å². The lowest BCUT2D eigenvalue weighted by Gasteiger charge is -2.15. The van der Waals surface area contributed by atoms with Crippen LogP contribution in [0.15, 0.2) is 63.3 Å². The van der Waals surface area contributed by atoms with E-state index >= 15 is 0 Å². The normalized spacial score (nSPS) is 11.5. The van der Waals surface area contributed by atoms with Gasteiger partial charge in [-0.25, -0.2) is 4.79 Å². The van der Waals surface area contributed by atoms with Gasteiger partial charge in [0.2, 0.25) is 0 Å². The monoisotopic (exact) mass is 383 g/mol. The zero-order valence-corrected chi connectivity index (χ0v) is 14.5. The highest BCUT2D eigenvalue weighted by Crippen LogP contribution is 2.29. The molecule has 0 atom stereocenters. The van der Waals surface area contributed by atoms with Gasteiger partial charge in [-0.05, 0) is 36.4 Å². The highest BCUT2D eigenvalue weighted by atomic mass is 16.8. The van der Waals surface area contributed by atoms with E-state index in [1.807, 2.05) is 0 Å². The lowest BCUT2D eigenvalue weighted by Crippen LogP contribution is -2.22. The average Bonchev–Trinajstić information content (AvgIpc) is 2.67.